The van der Waals surface area contributed by atoms with Crippen LogP contribution in [-0.4, -0.2) is 40.3 Å². The van der Waals surface area contributed by atoms with E-state index in [0.29, 0.717) is 17.9 Å². The van der Waals surface area contributed by atoms with E-state index >= 15 is 0 Å². The van der Waals surface area contributed by atoms with E-state index in [-0.39, 0.29) is 11.9 Å². The molecule has 1 aromatic heterocycles. The Kier molecular flexibility index (Phi) is 6.02. The number of aliphatic hydroxyl groups excluding tert-OH is 1. The normalized spacial score (nSPS) is 23.4. The molecule has 2 aliphatic rings. The smallest absolute Gasteiger partial charge is 0.229 e. The van der Waals surface area contributed by atoms with E-state index in [0.717, 1.165) is 68.7 Å². The number of anilines is 3. The van der Waals surface area contributed by atoms with Gasteiger partial charge in [-0.05, 0) is 81.8 Å². The Morgan fingerprint density at radius 1 is 1.00 bits per heavy atom. The van der Waals surface area contributed by atoms with Gasteiger partial charge in [-0.25, -0.2) is 9.37 Å². The Morgan fingerprint density at radius 2 is 1.71 bits per heavy atom. The summed E-state index contributed by atoms with van der Waals surface area (Å²) in [5.74, 6) is 1.56. The molecule has 1 aromatic carbocycles. The first-order chi connectivity index (χ1) is 13.7. The number of halogens is 1. The topological polar surface area (TPSA) is 82.1 Å². The molecule has 1 aliphatic heterocycles. The van der Waals surface area contributed by atoms with Gasteiger partial charge in [0, 0.05) is 23.5 Å². The van der Waals surface area contributed by atoms with E-state index in [1.165, 1.54) is 12.1 Å². The predicted octanol–water partition coefficient (Wildman–Crippen LogP) is 3.54. The summed E-state index contributed by atoms with van der Waals surface area (Å²) in [4.78, 5) is 9.29. The average molecular weight is 385 g/mol. The van der Waals surface area contributed by atoms with E-state index in [4.69, 9.17) is 4.98 Å². The second-order valence-corrected chi connectivity index (χ2v) is 7.80. The lowest BCUT2D eigenvalue weighted by Crippen LogP contribution is -2.30. The number of nitrogens with zero attached hydrogens (tertiary/aromatic N) is 2. The van der Waals surface area contributed by atoms with Crippen LogP contribution in [-0.2, 0) is 0 Å². The third kappa shape index (κ3) is 4.77. The maximum Gasteiger partial charge on any atom is 0.229 e. The molecule has 1 aliphatic carbocycles. The van der Waals surface area contributed by atoms with E-state index in [2.05, 4.69) is 20.9 Å². The number of nitrogens with one attached hydrogen (secondary N) is 3. The summed E-state index contributed by atoms with van der Waals surface area (Å²) < 4.78 is 13.1. The molecule has 7 heteroatoms. The van der Waals surface area contributed by atoms with Crippen molar-refractivity contribution < 1.29 is 9.50 Å². The molecule has 2 fully saturated rings. The van der Waals surface area contributed by atoms with Crippen LogP contribution in [0.25, 0.3) is 0 Å². The van der Waals surface area contributed by atoms with Crippen molar-refractivity contribution in [2.75, 3.05) is 23.7 Å². The van der Waals surface area contributed by atoms with Crippen molar-refractivity contribution in [3.05, 3.63) is 41.8 Å². The number of aliphatic hydroxyl groups is 1. The Labute approximate surface area is 165 Å². The molecule has 150 valence electrons. The first kappa shape index (κ1) is 19.1. The average Bonchev–Trinajstić information content (AvgIpc) is 2.72. The van der Waals surface area contributed by atoms with E-state index in [9.17, 15) is 9.50 Å². The second kappa shape index (κ2) is 8.84. The highest BCUT2D eigenvalue weighted by atomic mass is 19.1. The fraction of sp³-hybridized carbons (Fsp3) is 0.524. The Hall–Kier alpha value is -2.25. The number of hydrogen-bond donors (Lipinski definition) is 4. The monoisotopic (exact) mass is 385 g/mol. The van der Waals surface area contributed by atoms with E-state index in [1.54, 1.807) is 12.1 Å². The quantitative estimate of drug-likeness (QED) is 0.630. The molecular weight excluding hydrogens is 357 g/mol. The molecule has 0 amide bonds. The number of aromatic nitrogens is 2. The minimum absolute atomic E-state index is 0.178. The fourth-order valence-electron chi connectivity index (χ4n) is 4.07. The van der Waals surface area contributed by atoms with Crippen LogP contribution in [0.15, 0.2) is 30.5 Å². The maximum atomic E-state index is 13.1. The lowest BCUT2D eigenvalue weighted by atomic mass is 9.90. The van der Waals surface area contributed by atoms with Crippen molar-refractivity contribution in [2.24, 2.45) is 0 Å². The zero-order valence-corrected chi connectivity index (χ0v) is 16.0. The summed E-state index contributed by atoms with van der Waals surface area (Å²) in [6.07, 6.45) is 7.43. The highest BCUT2D eigenvalue weighted by Gasteiger charge is 2.24. The minimum atomic E-state index is -0.269. The summed E-state index contributed by atoms with van der Waals surface area (Å²) in [7, 11) is 0. The summed E-state index contributed by atoms with van der Waals surface area (Å²) in [5, 5.41) is 20.0. The summed E-state index contributed by atoms with van der Waals surface area (Å²) in [5.41, 5.74) is 1.92. The van der Waals surface area contributed by atoms with Gasteiger partial charge in [0.05, 0.1) is 6.10 Å². The van der Waals surface area contributed by atoms with Gasteiger partial charge in [-0.3, -0.25) is 0 Å². The lowest BCUT2D eigenvalue weighted by Gasteiger charge is -2.29. The van der Waals surface area contributed by atoms with Crippen LogP contribution in [0.3, 0.4) is 0 Å². The molecule has 28 heavy (non-hydrogen) atoms. The lowest BCUT2D eigenvalue weighted by molar-refractivity contribution is 0.126. The first-order valence-electron chi connectivity index (χ1n) is 10.2. The molecular formula is C21H28FN5O. The molecule has 0 atom stereocenters. The SMILES string of the molecule is OC1CCC(Nc2nc(Nc3ccc(F)cc3)ncc2C2CCNCC2)CC1. The van der Waals surface area contributed by atoms with Gasteiger partial charge in [0.15, 0.2) is 0 Å². The first-order valence-corrected chi connectivity index (χ1v) is 10.2. The van der Waals surface area contributed by atoms with Crippen molar-refractivity contribution in [3.63, 3.8) is 0 Å². The summed E-state index contributed by atoms with van der Waals surface area (Å²) >= 11 is 0. The van der Waals surface area contributed by atoms with Crippen LogP contribution in [0.2, 0.25) is 0 Å². The van der Waals surface area contributed by atoms with Gasteiger partial charge in [-0.15, -0.1) is 0 Å². The van der Waals surface area contributed by atoms with Gasteiger partial charge < -0.3 is 21.1 Å². The number of rotatable bonds is 5. The van der Waals surface area contributed by atoms with E-state index < -0.39 is 0 Å². The van der Waals surface area contributed by atoms with Gasteiger partial charge >= 0.3 is 0 Å². The fourth-order valence-corrected chi connectivity index (χ4v) is 4.07. The van der Waals surface area contributed by atoms with Gasteiger partial charge in [0.2, 0.25) is 5.95 Å². The highest BCUT2D eigenvalue weighted by Crippen LogP contribution is 2.32. The summed E-state index contributed by atoms with van der Waals surface area (Å²) in [6, 6.07) is 6.50. The molecule has 0 bridgehead atoms. The van der Waals surface area contributed by atoms with Crippen LogP contribution in [0, 0.1) is 5.82 Å². The van der Waals surface area contributed by atoms with Gasteiger partial charge in [0.1, 0.15) is 11.6 Å². The predicted molar refractivity (Wildman–Crippen MR) is 108 cm³/mol. The maximum absolute atomic E-state index is 13.1. The number of piperidine rings is 1. The summed E-state index contributed by atoms with van der Waals surface area (Å²) in [6.45, 7) is 2.02. The van der Waals surface area contributed by atoms with Crippen LogP contribution in [0.5, 0.6) is 0 Å². The molecule has 6 nitrogen and oxygen atoms in total. The largest absolute Gasteiger partial charge is 0.393 e. The molecule has 0 spiro atoms. The van der Waals surface area contributed by atoms with Crippen molar-refractivity contribution in [3.8, 4) is 0 Å². The van der Waals surface area contributed by atoms with Crippen LogP contribution in [0.4, 0.5) is 21.8 Å². The Bertz CT molecular complexity index is 771. The third-order valence-corrected chi connectivity index (χ3v) is 5.73. The molecule has 2 heterocycles. The van der Waals surface area contributed by atoms with Gasteiger partial charge in [0.25, 0.3) is 0 Å². The van der Waals surface area contributed by atoms with Crippen molar-refractivity contribution >= 4 is 17.5 Å². The van der Waals surface area contributed by atoms with Crippen LogP contribution < -0.4 is 16.0 Å². The molecule has 2 aromatic rings. The minimum Gasteiger partial charge on any atom is -0.393 e. The van der Waals surface area contributed by atoms with Crippen LogP contribution >= 0.6 is 0 Å². The Balaban J connectivity index is 1.55. The van der Waals surface area contributed by atoms with Crippen molar-refractivity contribution in [1.29, 1.82) is 0 Å². The highest BCUT2D eigenvalue weighted by molar-refractivity contribution is 5.57. The Morgan fingerprint density at radius 3 is 2.43 bits per heavy atom. The van der Waals surface area contributed by atoms with Gasteiger partial charge in [-0.1, -0.05) is 0 Å². The van der Waals surface area contributed by atoms with E-state index in [1.807, 2.05) is 6.20 Å². The molecule has 4 N–H and O–H groups in total. The third-order valence-electron chi connectivity index (χ3n) is 5.73. The molecule has 1 saturated heterocycles. The van der Waals surface area contributed by atoms with Crippen molar-refractivity contribution in [1.82, 2.24) is 15.3 Å². The molecule has 4 rings (SSSR count). The molecule has 1 saturated carbocycles. The number of hydrogen-bond acceptors (Lipinski definition) is 6. The van der Waals surface area contributed by atoms with Crippen LogP contribution in [0.1, 0.15) is 50.0 Å². The molecule has 0 unspecified atom stereocenters. The zero-order chi connectivity index (χ0) is 19.3. The standard InChI is InChI=1S/C21H28FN5O/c22-15-1-3-17(4-2-15)26-21-24-13-19(14-9-11-23-12-10-14)20(27-21)25-16-5-7-18(28)8-6-16/h1-4,13-14,16,18,23,28H,5-12H2,(H2,24,25,26,27). The van der Waals surface area contributed by atoms with Crippen molar-refractivity contribution in [2.45, 2.75) is 56.6 Å². The number of benzene rings is 1. The molecule has 0 radical (unpaired) electrons. The second-order valence-electron chi connectivity index (χ2n) is 7.80. The zero-order valence-electron chi connectivity index (χ0n) is 16.0. The van der Waals surface area contributed by atoms with Gasteiger partial charge in [-0.2, -0.15) is 4.98 Å².